The first-order chi connectivity index (χ1) is 10.6. The fourth-order valence-electron chi connectivity index (χ4n) is 2.96. The van der Waals surface area contributed by atoms with Gasteiger partial charge >= 0.3 is 5.97 Å². The number of nitrogens with one attached hydrogen (secondary N) is 1. The van der Waals surface area contributed by atoms with Crippen molar-refractivity contribution in [1.29, 1.82) is 0 Å². The lowest BCUT2D eigenvalue weighted by Crippen LogP contribution is -2.44. The Morgan fingerprint density at radius 3 is 2.45 bits per heavy atom. The van der Waals surface area contributed by atoms with Crippen molar-refractivity contribution in [2.45, 2.75) is 19.3 Å². The van der Waals surface area contributed by atoms with Gasteiger partial charge in [-0.2, -0.15) is 0 Å². The van der Waals surface area contributed by atoms with Gasteiger partial charge in [-0.3, -0.25) is 9.59 Å². The summed E-state index contributed by atoms with van der Waals surface area (Å²) in [5, 5.41) is 14.2. The van der Waals surface area contributed by atoms with E-state index in [9.17, 15) is 9.59 Å². The molecule has 1 amide bonds. The highest BCUT2D eigenvalue weighted by molar-refractivity contribution is 5.86. The summed E-state index contributed by atoms with van der Waals surface area (Å²) < 4.78 is 0. The van der Waals surface area contributed by atoms with Crippen molar-refractivity contribution in [1.82, 2.24) is 5.32 Å². The Bertz CT molecular complexity index is 710. The molecule has 3 rings (SSSR count). The molecule has 4 nitrogen and oxygen atoms in total. The maximum absolute atomic E-state index is 12.0. The third kappa shape index (κ3) is 2.96. The van der Waals surface area contributed by atoms with Crippen molar-refractivity contribution in [3.8, 4) is 0 Å². The first-order valence-corrected chi connectivity index (χ1v) is 7.63. The van der Waals surface area contributed by atoms with E-state index in [1.54, 1.807) is 0 Å². The summed E-state index contributed by atoms with van der Waals surface area (Å²) in [7, 11) is 0. The molecule has 0 bridgehead atoms. The number of benzene rings is 2. The van der Waals surface area contributed by atoms with E-state index in [-0.39, 0.29) is 11.8 Å². The minimum atomic E-state index is -0.860. The van der Waals surface area contributed by atoms with Gasteiger partial charge in [0.25, 0.3) is 0 Å². The lowest BCUT2D eigenvalue weighted by Gasteiger charge is -2.31. The van der Waals surface area contributed by atoms with Crippen LogP contribution in [0.3, 0.4) is 0 Å². The van der Waals surface area contributed by atoms with E-state index in [1.807, 2.05) is 12.1 Å². The molecule has 1 fully saturated rings. The summed E-state index contributed by atoms with van der Waals surface area (Å²) in [6.45, 7) is 0.542. The minimum Gasteiger partial charge on any atom is -0.481 e. The molecule has 22 heavy (non-hydrogen) atoms. The Morgan fingerprint density at radius 2 is 1.77 bits per heavy atom. The topological polar surface area (TPSA) is 66.4 Å². The summed E-state index contributed by atoms with van der Waals surface area (Å²) in [5.41, 5.74) is 1.17. The normalized spacial score (nSPS) is 20.4. The highest BCUT2D eigenvalue weighted by Gasteiger charge is 2.41. The molecule has 0 heterocycles. The number of aliphatic carboxylic acids is 1. The number of carbonyl (C=O) groups is 2. The van der Waals surface area contributed by atoms with Crippen LogP contribution < -0.4 is 5.32 Å². The molecule has 2 N–H and O–H groups in total. The van der Waals surface area contributed by atoms with Crippen molar-refractivity contribution in [2.24, 2.45) is 11.8 Å². The second kappa shape index (κ2) is 6.18. The van der Waals surface area contributed by atoms with Crippen LogP contribution in [0.2, 0.25) is 0 Å². The van der Waals surface area contributed by atoms with Crippen LogP contribution >= 0.6 is 0 Å². The number of carboxylic acids is 1. The van der Waals surface area contributed by atoms with Gasteiger partial charge in [-0.15, -0.1) is 0 Å². The number of amides is 1. The lowest BCUT2D eigenvalue weighted by molar-refractivity contribution is -0.152. The lowest BCUT2D eigenvalue weighted by atomic mass is 9.73. The molecule has 2 atom stereocenters. The zero-order chi connectivity index (χ0) is 15.5. The predicted octanol–water partition coefficient (Wildman–Crippen LogP) is 2.61. The van der Waals surface area contributed by atoms with Gasteiger partial charge in [-0.1, -0.05) is 42.5 Å². The molecule has 2 unspecified atom stereocenters. The van der Waals surface area contributed by atoms with E-state index in [0.717, 1.165) is 6.42 Å². The molecule has 0 spiro atoms. The first-order valence-electron chi connectivity index (χ1n) is 7.63. The highest BCUT2D eigenvalue weighted by Crippen LogP contribution is 2.34. The van der Waals surface area contributed by atoms with Gasteiger partial charge in [0.15, 0.2) is 0 Å². The summed E-state index contributed by atoms with van der Waals surface area (Å²) in [4.78, 5) is 22.9. The molecule has 1 aliphatic carbocycles. The fraction of sp³-hybridized carbons (Fsp3) is 0.333. The average Bonchev–Trinajstić information content (AvgIpc) is 2.45. The van der Waals surface area contributed by atoms with Crippen LogP contribution in [0.4, 0.5) is 0 Å². The maximum atomic E-state index is 12.0. The number of hydrogen-bond acceptors (Lipinski definition) is 2. The van der Waals surface area contributed by atoms with Crippen molar-refractivity contribution < 1.29 is 14.7 Å². The van der Waals surface area contributed by atoms with Crippen LogP contribution in [0.1, 0.15) is 18.4 Å². The van der Waals surface area contributed by atoms with E-state index in [0.29, 0.717) is 19.4 Å². The molecule has 114 valence electrons. The summed E-state index contributed by atoms with van der Waals surface area (Å²) in [6, 6.07) is 14.4. The Labute approximate surface area is 129 Å². The Kier molecular flexibility index (Phi) is 4.09. The molecule has 1 saturated carbocycles. The highest BCUT2D eigenvalue weighted by atomic mass is 16.4. The molecule has 4 heteroatoms. The number of fused-ring (bicyclic) bond motifs is 1. The summed E-state index contributed by atoms with van der Waals surface area (Å²) in [6.07, 6.45) is 2.04. The number of hydrogen-bond donors (Lipinski definition) is 2. The number of carboxylic acid groups (broad SMARTS) is 1. The van der Waals surface area contributed by atoms with Gasteiger partial charge in [-0.25, -0.2) is 0 Å². The van der Waals surface area contributed by atoms with Crippen LogP contribution in [-0.4, -0.2) is 23.5 Å². The fourth-order valence-corrected chi connectivity index (χ4v) is 2.96. The Morgan fingerprint density at radius 1 is 1.05 bits per heavy atom. The maximum Gasteiger partial charge on any atom is 0.307 e. The summed E-state index contributed by atoms with van der Waals surface area (Å²) >= 11 is 0. The minimum absolute atomic E-state index is 0.126. The van der Waals surface area contributed by atoms with E-state index in [4.69, 9.17) is 5.11 Å². The number of rotatable bonds is 5. The van der Waals surface area contributed by atoms with E-state index in [1.165, 1.54) is 16.3 Å². The van der Waals surface area contributed by atoms with Crippen LogP contribution in [0.15, 0.2) is 42.5 Å². The van der Waals surface area contributed by atoms with Crippen LogP contribution in [0, 0.1) is 11.8 Å². The summed E-state index contributed by atoms with van der Waals surface area (Å²) in [5.74, 6) is -1.84. The van der Waals surface area contributed by atoms with Gasteiger partial charge in [-0.05, 0) is 35.6 Å². The largest absolute Gasteiger partial charge is 0.481 e. The van der Waals surface area contributed by atoms with E-state index >= 15 is 0 Å². The zero-order valence-corrected chi connectivity index (χ0v) is 12.3. The predicted molar refractivity (Wildman–Crippen MR) is 84.5 cm³/mol. The van der Waals surface area contributed by atoms with Crippen molar-refractivity contribution in [3.05, 3.63) is 48.0 Å². The van der Waals surface area contributed by atoms with Crippen LogP contribution in [-0.2, 0) is 16.0 Å². The molecule has 0 aromatic heterocycles. The monoisotopic (exact) mass is 297 g/mol. The van der Waals surface area contributed by atoms with Gasteiger partial charge in [0.05, 0.1) is 11.8 Å². The van der Waals surface area contributed by atoms with Gasteiger partial charge in [0, 0.05) is 6.54 Å². The first kappa shape index (κ1) is 14.6. The SMILES string of the molecule is O=C(O)C1CCC1C(=O)NCCc1ccc2ccccc2c1. The Hall–Kier alpha value is -2.36. The van der Waals surface area contributed by atoms with Gasteiger partial charge in [0.1, 0.15) is 0 Å². The molecule has 2 aromatic rings. The van der Waals surface area contributed by atoms with Crippen LogP contribution in [0.25, 0.3) is 10.8 Å². The second-order valence-electron chi connectivity index (χ2n) is 5.85. The van der Waals surface area contributed by atoms with E-state index < -0.39 is 11.9 Å². The van der Waals surface area contributed by atoms with Crippen molar-refractivity contribution >= 4 is 22.6 Å². The van der Waals surface area contributed by atoms with Crippen molar-refractivity contribution in [3.63, 3.8) is 0 Å². The molecule has 1 aliphatic rings. The zero-order valence-electron chi connectivity index (χ0n) is 12.3. The number of carbonyl (C=O) groups excluding carboxylic acids is 1. The molecular formula is C18H19NO3. The third-order valence-corrected chi connectivity index (χ3v) is 4.46. The third-order valence-electron chi connectivity index (χ3n) is 4.46. The quantitative estimate of drug-likeness (QED) is 0.891. The van der Waals surface area contributed by atoms with Gasteiger partial charge < -0.3 is 10.4 Å². The van der Waals surface area contributed by atoms with Gasteiger partial charge in [0.2, 0.25) is 5.91 Å². The smallest absolute Gasteiger partial charge is 0.307 e. The standard InChI is InChI=1S/C18H19NO3/c20-17(15-7-8-16(15)18(21)22)19-10-9-12-5-6-13-3-1-2-4-14(13)11-12/h1-6,11,15-16H,7-10H2,(H,19,20)(H,21,22). The average molecular weight is 297 g/mol. The van der Waals surface area contributed by atoms with Crippen LogP contribution in [0.5, 0.6) is 0 Å². The van der Waals surface area contributed by atoms with Crippen molar-refractivity contribution in [2.75, 3.05) is 6.54 Å². The molecule has 2 aromatic carbocycles. The molecule has 0 aliphatic heterocycles. The Balaban J connectivity index is 1.54. The molecule has 0 radical (unpaired) electrons. The molecular weight excluding hydrogens is 278 g/mol. The van der Waals surface area contributed by atoms with E-state index in [2.05, 4.69) is 35.6 Å². The molecule has 0 saturated heterocycles. The second-order valence-corrected chi connectivity index (χ2v) is 5.85.